The number of esters is 1. The monoisotopic (exact) mass is 409 g/mol. The van der Waals surface area contributed by atoms with Gasteiger partial charge in [-0.1, -0.05) is 5.16 Å². The van der Waals surface area contributed by atoms with Gasteiger partial charge in [0.05, 0.1) is 18.5 Å². The zero-order valence-corrected chi connectivity index (χ0v) is 16.4. The molecule has 0 radical (unpaired) electrons. The summed E-state index contributed by atoms with van der Waals surface area (Å²) in [6, 6.07) is 9.25. The van der Waals surface area contributed by atoms with E-state index in [9.17, 15) is 4.79 Å². The Kier molecular flexibility index (Phi) is 5.66. The van der Waals surface area contributed by atoms with Gasteiger partial charge in [-0.2, -0.15) is 10.1 Å². The molecule has 10 nitrogen and oxygen atoms in total. The molecule has 0 aliphatic rings. The fraction of sp³-hybridized carbons (Fsp3) is 0.250. The summed E-state index contributed by atoms with van der Waals surface area (Å²) in [5.74, 6) is 0.726. The fourth-order valence-electron chi connectivity index (χ4n) is 2.77. The van der Waals surface area contributed by atoms with Crippen molar-refractivity contribution in [3.05, 3.63) is 48.6 Å². The number of nitrogens with zero attached hydrogens (tertiary/aromatic N) is 5. The van der Waals surface area contributed by atoms with Crippen LogP contribution in [0.3, 0.4) is 0 Å². The third-order valence-corrected chi connectivity index (χ3v) is 4.12. The van der Waals surface area contributed by atoms with E-state index in [-0.39, 0.29) is 12.5 Å². The quantitative estimate of drug-likeness (QED) is 0.320. The maximum Gasteiger partial charge on any atom is 0.303 e. The summed E-state index contributed by atoms with van der Waals surface area (Å²) >= 11 is 0. The summed E-state index contributed by atoms with van der Waals surface area (Å²) in [6.07, 6.45) is 3.52. The maximum atomic E-state index is 11.0. The minimum absolute atomic E-state index is 0.0860. The average Bonchev–Trinajstić information content (AvgIpc) is 3.39. The van der Waals surface area contributed by atoms with Gasteiger partial charge in [-0.05, 0) is 30.3 Å². The van der Waals surface area contributed by atoms with E-state index in [4.69, 9.17) is 18.7 Å². The van der Waals surface area contributed by atoms with E-state index in [1.807, 2.05) is 30.5 Å². The number of carbonyl (C=O) groups is 1. The SMILES string of the molecule is COCCOc1cc(-c2cn3ncccc3n2)cc(-c2noc(COC(C)=O)n2)c1. The van der Waals surface area contributed by atoms with Crippen LogP contribution in [0.4, 0.5) is 0 Å². The third-order valence-electron chi connectivity index (χ3n) is 4.12. The van der Waals surface area contributed by atoms with Gasteiger partial charge in [0.25, 0.3) is 5.89 Å². The second kappa shape index (κ2) is 8.70. The highest BCUT2D eigenvalue weighted by Gasteiger charge is 2.14. The molecule has 0 amide bonds. The second-order valence-corrected chi connectivity index (χ2v) is 6.33. The number of hydrogen-bond acceptors (Lipinski definition) is 9. The van der Waals surface area contributed by atoms with Gasteiger partial charge in [0.1, 0.15) is 12.4 Å². The van der Waals surface area contributed by atoms with Crippen LogP contribution in [-0.4, -0.2) is 51.0 Å². The number of rotatable bonds is 8. The second-order valence-electron chi connectivity index (χ2n) is 6.33. The molecule has 0 saturated carbocycles. The van der Waals surface area contributed by atoms with Gasteiger partial charge in [0.15, 0.2) is 12.3 Å². The Morgan fingerprint density at radius 3 is 2.83 bits per heavy atom. The number of methoxy groups -OCH3 is 1. The van der Waals surface area contributed by atoms with Crippen molar-refractivity contribution in [1.29, 1.82) is 0 Å². The van der Waals surface area contributed by atoms with Gasteiger partial charge in [-0.15, -0.1) is 0 Å². The van der Waals surface area contributed by atoms with Gasteiger partial charge in [-0.25, -0.2) is 9.50 Å². The minimum Gasteiger partial charge on any atom is -0.491 e. The first-order valence-electron chi connectivity index (χ1n) is 9.16. The van der Waals surface area contributed by atoms with Crippen molar-refractivity contribution in [3.8, 4) is 28.4 Å². The van der Waals surface area contributed by atoms with Crippen LogP contribution in [0.5, 0.6) is 5.75 Å². The van der Waals surface area contributed by atoms with Crippen LogP contribution in [0.15, 0.2) is 47.2 Å². The van der Waals surface area contributed by atoms with Crippen LogP contribution in [0.2, 0.25) is 0 Å². The fourth-order valence-corrected chi connectivity index (χ4v) is 2.77. The van der Waals surface area contributed by atoms with E-state index in [2.05, 4.69) is 20.2 Å². The molecule has 1 aromatic carbocycles. The summed E-state index contributed by atoms with van der Waals surface area (Å²) in [7, 11) is 1.61. The van der Waals surface area contributed by atoms with Gasteiger partial charge < -0.3 is 18.7 Å². The number of benzene rings is 1. The number of carbonyl (C=O) groups excluding carboxylic acids is 1. The molecule has 0 fully saturated rings. The first-order valence-corrected chi connectivity index (χ1v) is 9.16. The normalized spacial score (nSPS) is 11.0. The van der Waals surface area contributed by atoms with Crippen molar-refractivity contribution >= 4 is 11.6 Å². The summed E-state index contributed by atoms with van der Waals surface area (Å²) < 4.78 is 22.6. The highest BCUT2D eigenvalue weighted by atomic mass is 16.6. The van der Waals surface area contributed by atoms with Crippen LogP contribution in [-0.2, 0) is 20.9 Å². The van der Waals surface area contributed by atoms with E-state index in [0.717, 1.165) is 16.9 Å². The third kappa shape index (κ3) is 4.44. The van der Waals surface area contributed by atoms with Gasteiger partial charge in [-0.3, -0.25) is 4.79 Å². The summed E-state index contributed by atoms with van der Waals surface area (Å²) in [6.45, 7) is 2.06. The molecule has 3 aromatic heterocycles. The number of hydrogen-bond donors (Lipinski definition) is 0. The standard InChI is InChI=1S/C20H19N5O5/c1-13(26)29-12-19-23-20(24-30-19)15-8-14(9-16(10-15)28-7-6-27-2)17-11-25-18(22-17)4-3-5-21-25/h3-5,8-11H,6-7,12H2,1-2H3. The number of ether oxygens (including phenoxy) is 3. The van der Waals surface area contributed by atoms with E-state index in [1.165, 1.54) is 6.92 Å². The topological polar surface area (TPSA) is 114 Å². The Morgan fingerprint density at radius 2 is 2.03 bits per heavy atom. The van der Waals surface area contributed by atoms with Crippen LogP contribution in [0.25, 0.3) is 28.3 Å². The largest absolute Gasteiger partial charge is 0.491 e. The highest BCUT2D eigenvalue weighted by Crippen LogP contribution is 2.30. The molecule has 3 heterocycles. The van der Waals surface area contributed by atoms with E-state index in [0.29, 0.717) is 30.4 Å². The van der Waals surface area contributed by atoms with Crippen LogP contribution >= 0.6 is 0 Å². The lowest BCUT2D eigenvalue weighted by Gasteiger charge is -2.09. The summed E-state index contributed by atoms with van der Waals surface area (Å²) in [5.41, 5.74) is 2.92. The molecule has 0 N–H and O–H groups in total. The molecule has 0 atom stereocenters. The van der Waals surface area contributed by atoms with Crippen molar-refractivity contribution in [1.82, 2.24) is 24.7 Å². The van der Waals surface area contributed by atoms with Gasteiger partial charge in [0, 0.05) is 31.4 Å². The van der Waals surface area contributed by atoms with Gasteiger partial charge >= 0.3 is 5.97 Å². The molecule has 4 rings (SSSR count). The summed E-state index contributed by atoms with van der Waals surface area (Å²) in [4.78, 5) is 19.9. The van der Waals surface area contributed by atoms with Crippen LogP contribution in [0, 0.1) is 0 Å². The Morgan fingerprint density at radius 1 is 1.17 bits per heavy atom. The molecule has 0 aliphatic heterocycles. The molecule has 0 unspecified atom stereocenters. The Labute approximate surface area is 171 Å². The number of aromatic nitrogens is 5. The lowest BCUT2D eigenvalue weighted by Crippen LogP contribution is -2.04. The highest BCUT2D eigenvalue weighted by molar-refractivity contribution is 5.71. The zero-order valence-electron chi connectivity index (χ0n) is 16.4. The first kappa shape index (κ1) is 19.5. The molecule has 10 heteroatoms. The molecule has 4 aromatic rings. The Hall–Kier alpha value is -3.79. The molecular formula is C20H19N5O5. The van der Waals surface area contributed by atoms with Crippen molar-refractivity contribution in [3.63, 3.8) is 0 Å². The Balaban J connectivity index is 1.69. The van der Waals surface area contributed by atoms with Gasteiger partial charge in [0.2, 0.25) is 5.82 Å². The van der Waals surface area contributed by atoms with E-state index >= 15 is 0 Å². The first-order chi connectivity index (χ1) is 14.6. The zero-order chi connectivity index (χ0) is 20.9. The molecule has 0 spiro atoms. The summed E-state index contributed by atoms with van der Waals surface area (Å²) in [5, 5.41) is 8.24. The average molecular weight is 409 g/mol. The van der Waals surface area contributed by atoms with Crippen LogP contribution < -0.4 is 4.74 Å². The van der Waals surface area contributed by atoms with E-state index < -0.39 is 5.97 Å². The predicted molar refractivity (Wildman–Crippen MR) is 105 cm³/mol. The maximum absolute atomic E-state index is 11.0. The molecule has 30 heavy (non-hydrogen) atoms. The lowest BCUT2D eigenvalue weighted by molar-refractivity contribution is -0.143. The molecule has 154 valence electrons. The lowest BCUT2D eigenvalue weighted by atomic mass is 10.1. The molecule has 0 bridgehead atoms. The van der Waals surface area contributed by atoms with Crippen molar-refractivity contribution in [2.45, 2.75) is 13.5 Å². The van der Waals surface area contributed by atoms with Crippen molar-refractivity contribution in [2.75, 3.05) is 20.3 Å². The van der Waals surface area contributed by atoms with E-state index in [1.54, 1.807) is 23.9 Å². The number of imidazole rings is 1. The molecule has 0 saturated heterocycles. The number of fused-ring (bicyclic) bond motifs is 1. The molecular weight excluding hydrogens is 390 g/mol. The Bertz CT molecular complexity index is 1140. The molecule has 0 aliphatic carbocycles. The smallest absolute Gasteiger partial charge is 0.303 e. The van der Waals surface area contributed by atoms with Crippen molar-refractivity contribution in [2.24, 2.45) is 0 Å². The van der Waals surface area contributed by atoms with Crippen molar-refractivity contribution < 1.29 is 23.5 Å². The minimum atomic E-state index is -0.425. The van der Waals surface area contributed by atoms with Crippen LogP contribution in [0.1, 0.15) is 12.8 Å². The predicted octanol–water partition coefficient (Wildman–Crippen LogP) is 2.53.